The molecular weight excluding hydrogens is 344 g/mol. The lowest BCUT2D eigenvalue weighted by Crippen LogP contribution is -2.42. The summed E-state index contributed by atoms with van der Waals surface area (Å²) in [4.78, 5) is 4.12. The first kappa shape index (κ1) is 18.4. The van der Waals surface area contributed by atoms with Gasteiger partial charge in [-0.15, -0.1) is 11.3 Å². The molecule has 0 aliphatic rings. The van der Waals surface area contributed by atoms with Crippen LogP contribution >= 0.6 is 11.3 Å². The van der Waals surface area contributed by atoms with E-state index in [4.69, 9.17) is 0 Å². The number of guanidine groups is 1. The fourth-order valence-corrected chi connectivity index (χ4v) is 4.11. The van der Waals surface area contributed by atoms with Gasteiger partial charge in [-0.05, 0) is 23.4 Å². The van der Waals surface area contributed by atoms with Crippen molar-refractivity contribution in [3.63, 3.8) is 0 Å². The van der Waals surface area contributed by atoms with Crippen molar-refractivity contribution in [3.8, 4) is 0 Å². The van der Waals surface area contributed by atoms with Gasteiger partial charge in [0.15, 0.2) is 5.96 Å². The number of hydrogen-bond donors (Lipinski definition) is 3. The van der Waals surface area contributed by atoms with Gasteiger partial charge < -0.3 is 10.6 Å². The number of sulfonamides is 1. The summed E-state index contributed by atoms with van der Waals surface area (Å²) < 4.78 is 26.8. The van der Waals surface area contributed by atoms with Gasteiger partial charge in [-0.3, -0.25) is 4.99 Å². The molecule has 2 aromatic rings. The Bertz CT molecular complexity index is 729. The summed E-state index contributed by atoms with van der Waals surface area (Å²) in [6.07, 6.45) is 0.895. The number of nitrogens with one attached hydrogen (secondary N) is 3. The summed E-state index contributed by atoms with van der Waals surface area (Å²) in [5.74, 6) is 0.654. The molecule has 24 heavy (non-hydrogen) atoms. The number of aliphatic imine (C=N–C) groups is 1. The molecule has 1 aromatic carbocycles. The third-order valence-corrected chi connectivity index (χ3v) is 6.10. The monoisotopic (exact) mass is 366 g/mol. The van der Waals surface area contributed by atoms with Crippen LogP contribution in [-0.2, 0) is 16.4 Å². The van der Waals surface area contributed by atoms with E-state index < -0.39 is 10.0 Å². The Kier molecular flexibility index (Phi) is 7.23. The second-order valence-electron chi connectivity index (χ2n) is 4.99. The Morgan fingerprint density at radius 1 is 1.04 bits per heavy atom. The minimum Gasteiger partial charge on any atom is -0.356 e. The van der Waals surface area contributed by atoms with Gasteiger partial charge in [-0.25, -0.2) is 13.1 Å². The van der Waals surface area contributed by atoms with Crippen LogP contribution in [-0.4, -0.2) is 41.1 Å². The van der Waals surface area contributed by atoms with E-state index in [1.807, 2.05) is 18.2 Å². The Labute approximate surface area is 147 Å². The molecule has 6 nitrogen and oxygen atoms in total. The van der Waals surface area contributed by atoms with E-state index in [-0.39, 0.29) is 0 Å². The fourth-order valence-electron chi connectivity index (χ4n) is 2.04. The fraction of sp³-hybridized carbons (Fsp3) is 0.312. The van der Waals surface area contributed by atoms with Crippen LogP contribution < -0.4 is 15.4 Å². The molecule has 0 unspecified atom stereocenters. The van der Waals surface area contributed by atoms with Crippen LogP contribution in [0.5, 0.6) is 0 Å². The Morgan fingerprint density at radius 3 is 2.46 bits per heavy atom. The minimum atomic E-state index is -3.41. The molecule has 0 atom stereocenters. The van der Waals surface area contributed by atoms with Crippen molar-refractivity contribution in [1.82, 2.24) is 15.4 Å². The lowest BCUT2D eigenvalue weighted by atomic mass is 10.1. The highest BCUT2D eigenvalue weighted by Gasteiger charge is 2.13. The summed E-state index contributed by atoms with van der Waals surface area (Å²) in [7, 11) is -1.72. The first-order valence-electron chi connectivity index (χ1n) is 7.63. The van der Waals surface area contributed by atoms with Crippen molar-refractivity contribution in [2.24, 2.45) is 4.99 Å². The Hall–Kier alpha value is -1.90. The van der Waals surface area contributed by atoms with Crippen LogP contribution in [0, 0.1) is 0 Å². The molecule has 0 spiro atoms. The largest absolute Gasteiger partial charge is 0.356 e. The van der Waals surface area contributed by atoms with E-state index in [1.165, 1.54) is 16.9 Å². The van der Waals surface area contributed by atoms with Crippen LogP contribution in [0.2, 0.25) is 0 Å². The zero-order chi connectivity index (χ0) is 17.3. The van der Waals surface area contributed by atoms with Gasteiger partial charge in [0.25, 0.3) is 0 Å². The van der Waals surface area contributed by atoms with E-state index in [0.29, 0.717) is 23.3 Å². The van der Waals surface area contributed by atoms with Gasteiger partial charge in [0, 0.05) is 26.7 Å². The van der Waals surface area contributed by atoms with E-state index in [9.17, 15) is 8.42 Å². The molecule has 130 valence electrons. The van der Waals surface area contributed by atoms with Crippen LogP contribution in [0.4, 0.5) is 0 Å². The van der Waals surface area contributed by atoms with Gasteiger partial charge >= 0.3 is 0 Å². The van der Waals surface area contributed by atoms with Crippen molar-refractivity contribution in [3.05, 3.63) is 53.4 Å². The molecule has 0 aliphatic heterocycles. The van der Waals surface area contributed by atoms with E-state index >= 15 is 0 Å². The first-order chi connectivity index (χ1) is 11.6. The third kappa shape index (κ3) is 5.95. The number of benzene rings is 1. The van der Waals surface area contributed by atoms with Crippen molar-refractivity contribution >= 4 is 27.3 Å². The molecule has 0 amide bonds. The SMILES string of the molecule is CN=C(NCCNS(=O)(=O)c1cccs1)NCCc1ccccc1. The molecule has 2 rings (SSSR count). The molecule has 8 heteroatoms. The van der Waals surface area contributed by atoms with Crippen LogP contribution in [0.15, 0.2) is 57.0 Å². The summed E-state index contributed by atoms with van der Waals surface area (Å²) in [5.41, 5.74) is 1.25. The smallest absolute Gasteiger partial charge is 0.250 e. The van der Waals surface area contributed by atoms with Crippen molar-refractivity contribution < 1.29 is 8.42 Å². The highest BCUT2D eigenvalue weighted by Crippen LogP contribution is 2.14. The van der Waals surface area contributed by atoms with E-state index in [1.54, 1.807) is 24.6 Å². The quantitative estimate of drug-likeness (QED) is 0.375. The number of hydrogen-bond acceptors (Lipinski definition) is 4. The summed E-state index contributed by atoms with van der Waals surface area (Å²) in [6.45, 7) is 1.50. The zero-order valence-corrected chi connectivity index (χ0v) is 15.2. The Morgan fingerprint density at radius 2 is 1.79 bits per heavy atom. The summed E-state index contributed by atoms with van der Waals surface area (Å²) in [6, 6.07) is 13.5. The summed E-state index contributed by atoms with van der Waals surface area (Å²) in [5, 5.41) is 8.04. The third-order valence-electron chi connectivity index (χ3n) is 3.24. The number of rotatable bonds is 8. The van der Waals surface area contributed by atoms with Crippen LogP contribution in [0.1, 0.15) is 5.56 Å². The van der Waals surface area contributed by atoms with Crippen molar-refractivity contribution in [2.45, 2.75) is 10.6 Å². The van der Waals surface area contributed by atoms with Gasteiger partial charge in [0.05, 0.1) is 0 Å². The van der Waals surface area contributed by atoms with Gasteiger partial charge in [0.2, 0.25) is 10.0 Å². The van der Waals surface area contributed by atoms with Crippen LogP contribution in [0.3, 0.4) is 0 Å². The first-order valence-corrected chi connectivity index (χ1v) is 10.00. The molecule has 0 bridgehead atoms. The maximum atomic E-state index is 12.0. The molecule has 1 aromatic heterocycles. The molecular formula is C16H22N4O2S2. The van der Waals surface area contributed by atoms with Gasteiger partial charge in [0.1, 0.15) is 4.21 Å². The normalized spacial score (nSPS) is 12.1. The molecule has 0 radical (unpaired) electrons. The highest BCUT2D eigenvalue weighted by atomic mass is 32.2. The topological polar surface area (TPSA) is 82.6 Å². The van der Waals surface area contributed by atoms with Gasteiger partial charge in [-0.2, -0.15) is 0 Å². The minimum absolute atomic E-state index is 0.291. The van der Waals surface area contributed by atoms with Gasteiger partial charge in [-0.1, -0.05) is 36.4 Å². The lowest BCUT2D eigenvalue weighted by molar-refractivity contribution is 0.582. The predicted molar refractivity (Wildman–Crippen MR) is 99.0 cm³/mol. The average molecular weight is 367 g/mol. The van der Waals surface area contributed by atoms with Crippen molar-refractivity contribution in [1.29, 1.82) is 0 Å². The lowest BCUT2D eigenvalue weighted by Gasteiger charge is -2.12. The molecule has 0 saturated heterocycles. The molecule has 0 aliphatic carbocycles. The van der Waals surface area contributed by atoms with Crippen molar-refractivity contribution in [2.75, 3.05) is 26.7 Å². The number of thiophene rings is 1. The maximum Gasteiger partial charge on any atom is 0.250 e. The molecule has 0 fully saturated rings. The second kappa shape index (κ2) is 9.41. The predicted octanol–water partition coefficient (Wildman–Crippen LogP) is 1.43. The van der Waals surface area contributed by atoms with Crippen LogP contribution in [0.25, 0.3) is 0 Å². The average Bonchev–Trinajstić information content (AvgIpc) is 3.13. The molecule has 3 N–H and O–H groups in total. The molecule has 0 saturated carbocycles. The Balaban J connectivity index is 1.67. The highest BCUT2D eigenvalue weighted by molar-refractivity contribution is 7.91. The van der Waals surface area contributed by atoms with E-state index in [0.717, 1.165) is 13.0 Å². The summed E-state index contributed by atoms with van der Waals surface area (Å²) >= 11 is 1.20. The second-order valence-corrected chi connectivity index (χ2v) is 7.93. The molecule has 1 heterocycles. The van der Waals surface area contributed by atoms with E-state index in [2.05, 4.69) is 32.5 Å². The standard InChI is InChI=1S/C16H22N4O2S2/c1-17-16(18-10-9-14-6-3-2-4-7-14)19-11-12-20-24(21,22)15-8-5-13-23-15/h2-8,13,20H,9-12H2,1H3,(H2,17,18,19). The maximum absolute atomic E-state index is 12.0. The zero-order valence-electron chi connectivity index (χ0n) is 13.5. The number of nitrogens with zero attached hydrogens (tertiary/aromatic N) is 1.